The van der Waals surface area contributed by atoms with Crippen molar-refractivity contribution in [3.8, 4) is 16.9 Å². The first-order chi connectivity index (χ1) is 9.06. The summed E-state index contributed by atoms with van der Waals surface area (Å²) < 4.78 is 5.73. The predicted molar refractivity (Wildman–Crippen MR) is 91.6 cm³/mol. The van der Waals surface area contributed by atoms with Gasteiger partial charge in [-0.25, -0.2) is 0 Å². The number of carbonyl (C=O) groups excluding carboxylic acids is 1. The van der Waals surface area contributed by atoms with E-state index in [9.17, 15) is 9.90 Å². The van der Waals surface area contributed by atoms with Crippen LogP contribution in [0.25, 0.3) is 11.1 Å². The maximum absolute atomic E-state index is 11.7. The van der Waals surface area contributed by atoms with E-state index in [0.717, 1.165) is 19.6 Å². The third-order valence-electron chi connectivity index (χ3n) is 2.81. The molecule has 5 nitrogen and oxygen atoms in total. The minimum atomic E-state index is -0.361. The van der Waals surface area contributed by atoms with Crippen LogP contribution in [0.4, 0.5) is 0 Å². The van der Waals surface area contributed by atoms with Gasteiger partial charge in [-0.1, -0.05) is 18.2 Å². The van der Waals surface area contributed by atoms with Gasteiger partial charge in [0.1, 0.15) is 5.75 Å². The number of para-hydroxylation sites is 1. The van der Waals surface area contributed by atoms with E-state index in [-0.39, 0.29) is 28.6 Å². The Hall–Kier alpha value is -0.628. The van der Waals surface area contributed by atoms with Crippen LogP contribution in [-0.2, 0) is 8.58 Å². The normalized spacial score (nSPS) is 11.0. The molecule has 0 saturated carbocycles. The van der Waals surface area contributed by atoms with Gasteiger partial charge in [0.2, 0.25) is 0 Å². The van der Waals surface area contributed by atoms with Gasteiger partial charge in [-0.3, -0.25) is 4.79 Å². The van der Waals surface area contributed by atoms with Gasteiger partial charge in [0.15, 0.2) is 0 Å². The number of rotatable bonds is 3. The highest BCUT2D eigenvalue weighted by atomic mass is 127. The van der Waals surface area contributed by atoms with E-state index in [2.05, 4.69) is 22.6 Å². The summed E-state index contributed by atoms with van der Waals surface area (Å²) in [4.78, 5) is 12.6. The van der Waals surface area contributed by atoms with Crippen LogP contribution < -0.4 is 0 Å². The van der Waals surface area contributed by atoms with Crippen molar-refractivity contribution < 1.29 is 24.6 Å². The molecular formula is C13H14AlIO5S. The van der Waals surface area contributed by atoms with Crippen molar-refractivity contribution in [3.63, 3.8) is 0 Å². The van der Waals surface area contributed by atoms with Gasteiger partial charge in [0, 0.05) is 25.0 Å². The highest BCUT2D eigenvalue weighted by molar-refractivity contribution is 14.1. The van der Waals surface area contributed by atoms with E-state index in [4.69, 9.17) is 3.79 Å². The van der Waals surface area contributed by atoms with Crippen molar-refractivity contribution in [2.45, 2.75) is 12.8 Å². The molecule has 0 bridgehead atoms. The molecule has 1 aromatic heterocycles. The molecular weight excluding hydrogens is 422 g/mol. The van der Waals surface area contributed by atoms with Gasteiger partial charge in [-0.2, -0.15) is 0 Å². The van der Waals surface area contributed by atoms with Gasteiger partial charge in [0.25, 0.3) is 5.97 Å². The molecule has 8 heteroatoms. The molecule has 0 aliphatic carbocycles. The molecule has 5 N–H and O–H groups in total. The summed E-state index contributed by atoms with van der Waals surface area (Å²) in [6.07, 6.45) is 0. The molecule has 0 fully saturated rings. The van der Waals surface area contributed by atoms with Crippen molar-refractivity contribution >= 4 is 56.5 Å². The summed E-state index contributed by atoms with van der Waals surface area (Å²) in [6.45, 7) is 1.80. The second-order valence-corrected chi connectivity index (χ2v) is 6.31. The van der Waals surface area contributed by atoms with Gasteiger partial charge in [-0.05, 0) is 35.6 Å². The smallest absolute Gasteiger partial charge is 0.484 e. The Labute approximate surface area is 148 Å². The van der Waals surface area contributed by atoms with Crippen LogP contribution >= 0.6 is 33.9 Å². The maximum Gasteiger partial charge on any atom is 0.484 e. The zero-order chi connectivity index (χ0) is 14.0. The summed E-state index contributed by atoms with van der Waals surface area (Å²) >= 11 is 5.69. The summed E-state index contributed by atoms with van der Waals surface area (Å²) in [5, 5.41) is 12.0. The number of carbonyl (C=O) groups is 1. The first-order valence-corrected chi connectivity index (χ1v) is 7.95. The summed E-state index contributed by atoms with van der Waals surface area (Å²) in [5.74, 6) is -0.452. The van der Waals surface area contributed by atoms with Crippen LogP contribution in [0.2, 0.25) is 0 Å². The van der Waals surface area contributed by atoms with Gasteiger partial charge >= 0.3 is 16.6 Å². The highest BCUT2D eigenvalue weighted by Gasteiger charge is 2.23. The summed E-state index contributed by atoms with van der Waals surface area (Å²) in [5.41, 5.74) is 1.65. The molecule has 0 spiro atoms. The number of benzene rings is 1. The molecule has 2 radical (unpaired) electrons. The lowest BCUT2D eigenvalue weighted by molar-refractivity contribution is -0.135. The Morgan fingerprint density at radius 3 is 2.57 bits per heavy atom. The van der Waals surface area contributed by atoms with Crippen LogP contribution in [-0.4, -0.2) is 38.7 Å². The average molecular weight is 436 g/mol. The quantitative estimate of drug-likeness (QED) is 0.586. The van der Waals surface area contributed by atoms with Crippen LogP contribution in [0.3, 0.4) is 0 Å². The fourth-order valence-corrected chi connectivity index (χ4v) is 4.16. The van der Waals surface area contributed by atoms with Crippen LogP contribution in [0.1, 0.15) is 17.7 Å². The van der Waals surface area contributed by atoms with E-state index >= 15 is 0 Å². The lowest BCUT2D eigenvalue weighted by Gasteiger charge is -2.13. The number of halogens is 1. The Kier molecular flexibility index (Phi) is 8.47. The minimum absolute atomic E-state index is 0. The van der Waals surface area contributed by atoms with E-state index in [1.54, 1.807) is 19.1 Å². The first-order valence-electron chi connectivity index (χ1n) is 5.52. The van der Waals surface area contributed by atoms with Crippen molar-refractivity contribution in [2.75, 3.05) is 0 Å². The van der Waals surface area contributed by atoms with Crippen molar-refractivity contribution in [2.24, 2.45) is 0 Å². The number of phenolic OH excluding ortho intramolecular Hbond substituents is 1. The average Bonchev–Trinajstić information content (AvgIpc) is 2.79. The standard InChI is InChI=1S/C13H11IO3S.Al.2H2O/c1-7(13(16)17)12-11(9(14)6-18-12)8-4-2-3-5-10(8)15;;;/h2-7,15H,1H3,(H,16,17);;2*1H2/q;+1;;/p-1. The number of hydrogen-bond acceptors (Lipinski definition) is 4. The van der Waals surface area contributed by atoms with E-state index < -0.39 is 0 Å². The fourth-order valence-electron chi connectivity index (χ4n) is 1.82. The second kappa shape index (κ2) is 8.73. The highest BCUT2D eigenvalue weighted by Crippen LogP contribution is 2.41. The van der Waals surface area contributed by atoms with Crippen LogP contribution in [0.5, 0.6) is 5.75 Å². The molecule has 1 atom stereocenters. The lowest BCUT2D eigenvalue weighted by Crippen LogP contribution is -2.11. The summed E-state index contributed by atoms with van der Waals surface area (Å²) in [6, 6.07) is 7.14. The molecule has 0 aliphatic heterocycles. The molecule has 1 aromatic carbocycles. The van der Waals surface area contributed by atoms with Gasteiger partial charge in [-0.15, -0.1) is 11.3 Å². The van der Waals surface area contributed by atoms with Gasteiger partial charge in [0.05, 0.1) is 5.92 Å². The number of thiophene rings is 1. The van der Waals surface area contributed by atoms with Crippen LogP contribution in [0, 0.1) is 3.57 Å². The SMILES string of the molecule is CC(C(=O)[O][Al])c1scc(I)c1-c1ccccc1O.O.O. The van der Waals surface area contributed by atoms with Crippen molar-refractivity contribution in [1.82, 2.24) is 0 Å². The van der Waals surface area contributed by atoms with E-state index in [1.165, 1.54) is 11.3 Å². The third-order valence-corrected chi connectivity index (χ3v) is 5.48. The predicted octanol–water partition coefficient (Wildman–Crippen LogP) is 1.81. The molecule has 0 saturated heterocycles. The molecule has 1 unspecified atom stereocenters. The lowest BCUT2D eigenvalue weighted by atomic mass is 10.00. The van der Waals surface area contributed by atoms with E-state index in [0.29, 0.717) is 0 Å². The van der Waals surface area contributed by atoms with Crippen LogP contribution in [0.15, 0.2) is 29.6 Å². The minimum Gasteiger partial charge on any atom is -0.628 e. The van der Waals surface area contributed by atoms with Crippen molar-refractivity contribution in [3.05, 3.63) is 38.1 Å². The van der Waals surface area contributed by atoms with Gasteiger partial charge < -0.3 is 19.8 Å². The third kappa shape index (κ3) is 4.19. The molecule has 1 heterocycles. The molecule has 0 amide bonds. The summed E-state index contributed by atoms with van der Waals surface area (Å²) in [7, 11) is 0. The molecule has 0 aliphatic rings. The first kappa shape index (κ1) is 20.4. The topological polar surface area (TPSA) is 110 Å². The zero-order valence-corrected chi connectivity index (χ0v) is 15.2. The van der Waals surface area contributed by atoms with E-state index in [1.807, 2.05) is 34.1 Å². The fraction of sp³-hybridized carbons (Fsp3) is 0.154. The molecule has 112 valence electrons. The largest absolute Gasteiger partial charge is 0.628 e. The molecule has 2 aromatic rings. The Morgan fingerprint density at radius 2 is 2.00 bits per heavy atom. The van der Waals surface area contributed by atoms with Crippen molar-refractivity contribution in [1.29, 1.82) is 0 Å². The Balaban J connectivity index is 0.00000200. The molecule has 21 heavy (non-hydrogen) atoms. The second-order valence-electron chi connectivity index (χ2n) is 4.00. The number of hydrogen-bond donors (Lipinski definition) is 1. The maximum atomic E-state index is 11.7. The Bertz CT molecular complexity index is 616. The Morgan fingerprint density at radius 1 is 1.38 bits per heavy atom. The number of aromatic hydroxyl groups is 1. The monoisotopic (exact) mass is 436 g/mol. The molecule has 2 rings (SSSR count). The number of phenols is 1. The zero-order valence-electron chi connectivity index (χ0n) is 11.1.